The van der Waals surface area contributed by atoms with E-state index >= 15 is 0 Å². The van der Waals surface area contributed by atoms with E-state index in [1.807, 2.05) is 11.6 Å². The molecule has 112 valence electrons. The molecule has 0 unspecified atom stereocenters. The minimum absolute atomic E-state index is 0.0104. The molecule has 6 nitrogen and oxygen atoms in total. The lowest BCUT2D eigenvalue weighted by Gasteiger charge is -2.12. The Labute approximate surface area is 119 Å². The number of anilines is 1. The van der Waals surface area contributed by atoms with Crippen LogP contribution in [0.1, 0.15) is 20.3 Å². The lowest BCUT2D eigenvalue weighted by atomic mass is 10.3. The number of nitrogens with one attached hydrogen (secondary N) is 2. The molecule has 0 bridgehead atoms. The molecule has 0 spiro atoms. The van der Waals surface area contributed by atoms with Crippen molar-refractivity contribution in [1.29, 1.82) is 0 Å². The normalized spacial score (nSPS) is 11.1. The van der Waals surface area contributed by atoms with Crippen LogP contribution < -0.4 is 10.0 Å². The van der Waals surface area contributed by atoms with Gasteiger partial charge >= 0.3 is 0 Å². The van der Waals surface area contributed by atoms with Crippen LogP contribution in [0.5, 0.6) is 0 Å². The second kappa shape index (κ2) is 7.86. The van der Waals surface area contributed by atoms with E-state index in [1.165, 1.54) is 6.07 Å². The molecule has 1 amide bonds. The van der Waals surface area contributed by atoms with Crippen molar-refractivity contribution in [3.63, 3.8) is 0 Å². The third-order valence-electron chi connectivity index (χ3n) is 2.47. The molecule has 2 N–H and O–H groups in total. The van der Waals surface area contributed by atoms with Crippen molar-refractivity contribution in [3.8, 4) is 0 Å². The molecule has 1 aromatic rings. The van der Waals surface area contributed by atoms with Gasteiger partial charge in [0.1, 0.15) is 4.90 Å². The number of benzene rings is 1. The molecule has 1 rings (SSSR count). The van der Waals surface area contributed by atoms with Crippen LogP contribution >= 0.6 is 0 Å². The minimum Gasteiger partial charge on any atom is -0.384 e. The molecule has 0 saturated carbocycles. The highest BCUT2D eigenvalue weighted by Crippen LogP contribution is 2.20. The molecule has 0 aliphatic rings. The van der Waals surface area contributed by atoms with Crippen molar-refractivity contribution in [3.05, 3.63) is 24.3 Å². The number of amides is 1. The van der Waals surface area contributed by atoms with Gasteiger partial charge in [0.05, 0.1) is 18.7 Å². The van der Waals surface area contributed by atoms with Crippen LogP contribution in [0, 0.1) is 0 Å². The van der Waals surface area contributed by atoms with E-state index in [9.17, 15) is 13.2 Å². The Hall–Kier alpha value is -1.60. The molecule has 0 fully saturated rings. The van der Waals surface area contributed by atoms with Crippen LogP contribution in [0.3, 0.4) is 0 Å². The first-order valence-electron chi connectivity index (χ1n) is 6.47. The van der Waals surface area contributed by atoms with Crippen molar-refractivity contribution >= 4 is 21.6 Å². The van der Waals surface area contributed by atoms with Crippen LogP contribution in [0.2, 0.25) is 0 Å². The fraction of sp³-hybridized carbons (Fsp3) is 0.462. The zero-order chi connectivity index (χ0) is 15.0. The SMILES string of the molecule is CCNc1ccccc1S(=O)(=O)NC(=O)CCOCC. The predicted octanol–water partition coefficient (Wildman–Crippen LogP) is 1.35. The Bertz CT molecular complexity index is 543. The smallest absolute Gasteiger partial charge is 0.266 e. The van der Waals surface area contributed by atoms with Crippen LogP contribution in [0.15, 0.2) is 29.2 Å². The highest BCUT2D eigenvalue weighted by Gasteiger charge is 2.20. The molecule has 0 aliphatic heterocycles. The van der Waals surface area contributed by atoms with Crippen molar-refractivity contribution in [2.24, 2.45) is 0 Å². The maximum Gasteiger partial charge on any atom is 0.266 e. The molecule has 1 aromatic carbocycles. The summed E-state index contributed by atoms with van der Waals surface area (Å²) in [4.78, 5) is 11.6. The van der Waals surface area contributed by atoms with Gasteiger partial charge in [-0.3, -0.25) is 4.79 Å². The molecular formula is C13H20N2O4S. The quantitative estimate of drug-likeness (QED) is 0.708. The first-order valence-corrected chi connectivity index (χ1v) is 7.95. The predicted molar refractivity (Wildman–Crippen MR) is 77.0 cm³/mol. The number of para-hydroxylation sites is 1. The second-order valence-electron chi connectivity index (χ2n) is 4.00. The maximum atomic E-state index is 12.2. The molecule has 0 saturated heterocycles. The molecule has 0 aromatic heterocycles. The summed E-state index contributed by atoms with van der Waals surface area (Å²) >= 11 is 0. The second-order valence-corrected chi connectivity index (χ2v) is 5.65. The summed E-state index contributed by atoms with van der Waals surface area (Å²) in [6, 6.07) is 6.45. The van der Waals surface area contributed by atoms with Crippen LogP contribution in [-0.4, -0.2) is 34.1 Å². The summed E-state index contributed by atoms with van der Waals surface area (Å²) in [6.45, 7) is 4.95. The topological polar surface area (TPSA) is 84.5 Å². The van der Waals surface area contributed by atoms with Crippen LogP contribution in [0.25, 0.3) is 0 Å². The number of hydrogen-bond acceptors (Lipinski definition) is 5. The Morgan fingerprint density at radius 1 is 1.25 bits per heavy atom. The monoisotopic (exact) mass is 300 g/mol. The zero-order valence-corrected chi connectivity index (χ0v) is 12.5. The standard InChI is InChI=1S/C13H20N2O4S/c1-3-14-11-7-5-6-8-12(11)20(17,18)15-13(16)9-10-19-4-2/h5-8,14H,3-4,9-10H2,1-2H3,(H,15,16). The number of hydrogen-bond donors (Lipinski definition) is 2. The number of ether oxygens (including phenoxy) is 1. The molecule has 0 aliphatic carbocycles. The molecule has 0 heterocycles. The van der Waals surface area contributed by atoms with Gasteiger partial charge in [-0.05, 0) is 26.0 Å². The van der Waals surface area contributed by atoms with E-state index < -0.39 is 15.9 Å². The highest BCUT2D eigenvalue weighted by atomic mass is 32.2. The number of rotatable bonds is 8. The van der Waals surface area contributed by atoms with Crippen LogP contribution in [0.4, 0.5) is 5.69 Å². The van der Waals surface area contributed by atoms with Crippen LogP contribution in [-0.2, 0) is 19.6 Å². The number of carbonyl (C=O) groups is 1. The molecule has 7 heteroatoms. The lowest BCUT2D eigenvalue weighted by molar-refractivity contribution is -0.120. The Morgan fingerprint density at radius 2 is 1.95 bits per heavy atom. The maximum absolute atomic E-state index is 12.2. The summed E-state index contributed by atoms with van der Waals surface area (Å²) in [7, 11) is -3.87. The van der Waals surface area contributed by atoms with Crippen molar-refractivity contribution < 1.29 is 17.9 Å². The van der Waals surface area contributed by atoms with E-state index in [4.69, 9.17) is 4.74 Å². The van der Waals surface area contributed by atoms with Gasteiger partial charge in [-0.1, -0.05) is 12.1 Å². The fourth-order valence-electron chi connectivity index (χ4n) is 1.60. The lowest BCUT2D eigenvalue weighted by Crippen LogP contribution is -2.31. The highest BCUT2D eigenvalue weighted by molar-refractivity contribution is 7.90. The molecular weight excluding hydrogens is 280 g/mol. The van der Waals surface area contributed by atoms with E-state index in [0.29, 0.717) is 18.8 Å². The summed E-state index contributed by atoms with van der Waals surface area (Å²) in [5, 5.41) is 2.95. The largest absolute Gasteiger partial charge is 0.384 e. The van der Waals surface area contributed by atoms with Crippen molar-refractivity contribution in [1.82, 2.24) is 4.72 Å². The third kappa shape index (κ3) is 4.82. The Balaban J connectivity index is 2.81. The summed E-state index contributed by atoms with van der Waals surface area (Å²) < 4.78 is 31.4. The van der Waals surface area contributed by atoms with Gasteiger partial charge in [0, 0.05) is 13.2 Å². The van der Waals surface area contributed by atoms with Crippen molar-refractivity contribution in [2.75, 3.05) is 25.1 Å². The fourth-order valence-corrected chi connectivity index (χ4v) is 2.80. The van der Waals surface area contributed by atoms with E-state index in [2.05, 4.69) is 5.32 Å². The molecule has 20 heavy (non-hydrogen) atoms. The van der Waals surface area contributed by atoms with Crippen molar-refractivity contribution in [2.45, 2.75) is 25.2 Å². The van der Waals surface area contributed by atoms with Gasteiger partial charge < -0.3 is 10.1 Å². The minimum atomic E-state index is -3.87. The first-order chi connectivity index (χ1) is 9.51. The first kappa shape index (κ1) is 16.5. The van der Waals surface area contributed by atoms with Gasteiger partial charge in [0.25, 0.3) is 10.0 Å². The number of sulfonamides is 1. The van der Waals surface area contributed by atoms with E-state index in [-0.39, 0.29) is 17.9 Å². The summed E-state index contributed by atoms with van der Waals surface area (Å²) in [5.74, 6) is -0.579. The summed E-state index contributed by atoms with van der Waals surface area (Å²) in [6.07, 6.45) is 0.0104. The van der Waals surface area contributed by atoms with E-state index in [0.717, 1.165) is 0 Å². The third-order valence-corrected chi connectivity index (χ3v) is 3.90. The molecule has 0 atom stereocenters. The van der Waals surface area contributed by atoms with Gasteiger partial charge in [0.2, 0.25) is 5.91 Å². The van der Waals surface area contributed by atoms with E-state index in [1.54, 1.807) is 25.1 Å². The molecule has 0 radical (unpaired) electrons. The summed E-state index contributed by atoms with van der Waals surface area (Å²) in [5.41, 5.74) is 0.472. The van der Waals surface area contributed by atoms with Gasteiger partial charge in [-0.2, -0.15) is 0 Å². The Morgan fingerprint density at radius 3 is 2.60 bits per heavy atom. The number of carbonyl (C=O) groups excluding carboxylic acids is 1. The average Bonchev–Trinajstić information content (AvgIpc) is 2.39. The zero-order valence-electron chi connectivity index (χ0n) is 11.7. The Kier molecular flexibility index (Phi) is 6.47. The van der Waals surface area contributed by atoms with Gasteiger partial charge in [-0.15, -0.1) is 0 Å². The van der Waals surface area contributed by atoms with Gasteiger partial charge in [-0.25, -0.2) is 13.1 Å². The average molecular weight is 300 g/mol. The van der Waals surface area contributed by atoms with Gasteiger partial charge in [0.15, 0.2) is 0 Å².